The van der Waals surface area contributed by atoms with Crippen LogP contribution in [0, 0.1) is 6.92 Å². The Balaban J connectivity index is 1.36. The van der Waals surface area contributed by atoms with E-state index in [1.165, 1.54) is 11.1 Å². The van der Waals surface area contributed by atoms with Crippen LogP contribution in [-0.4, -0.2) is 29.5 Å². The van der Waals surface area contributed by atoms with Crippen molar-refractivity contribution in [3.8, 4) is 22.6 Å². The number of hydrogen-bond acceptors (Lipinski definition) is 5. The van der Waals surface area contributed by atoms with Gasteiger partial charge < -0.3 is 10.3 Å². The number of aromatic amines is 1. The van der Waals surface area contributed by atoms with Gasteiger partial charge >= 0.3 is 0 Å². The Labute approximate surface area is 185 Å². The average molecular weight is 422 g/mol. The van der Waals surface area contributed by atoms with Crippen LogP contribution in [0.2, 0.25) is 0 Å². The molecule has 0 bridgehead atoms. The third-order valence-corrected chi connectivity index (χ3v) is 6.10. The first-order chi connectivity index (χ1) is 15.7. The third-order valence-electron chi connectivity index (χ3n) is 6.10. The van der Waals surface area contributed by atoms with Crippen LogP contribution in [0.5, 0.6) is 0 Å². The number of imidazole rings is 1. The van der Waals surface area contributed by atoms with Crippen LogP contribution in [0.25, 0.3) is 28.3 Å². The second-order valence-electron chi connectivity index (χ2n) is 8.22. The summed E-state index contributed by atoms with van der Waals surface area (Å²) in [6, 6.07) is 19.1. The fraction of sp³-hybridized carbons (Fsp3) is 0.200. The van der Waals surface area contributed by atoms with E-state index in [4.69, 9.17) is 9.97 Å². The molecule has 0 saturated heterocycles. The number of fused-ring (bicyclic) bond motifs is 2. The second kappa shape index (κ2) is 7.69. The van der Waals surface area contributed by atoms with Gasteiger partial charge in [0.05, 0.1) is 17.9 Å². The van der Waals surface area contributed by atoms with Gasteiger partial charge in [0.2, 0.25) is 0 Å². The molecule has 2 N–H and O–H groups in total. The van der Waals surface area contributed by atoms with Crippen LogP contribution in [0.15, 0.2) is 67.1 Å². The monoisotopic (exact) mass is 421 g/mol. The van der Waals surface area contributed by atoms with Crippen molar-refractivity contribution in [2.75, 3.05) is 0 Å². The molecule has 7 nitrogen and oxygen atoms in total. The molecule has 0 radical (unpaired) electrons. The first-order valence-electron chi connectivity index (χ1n) is 10.9. The van der Waals surface area contributed by atoms with Gasteiger partial charge in [-0.25, -0.2) is 14.5 Å². The summed E-state index contributed by atoms with van der Waals surface area (Å²) in [5.74, 6) is 0.893. The highest BCUT2D eigenvalue weighted by atomic mass is 15.3. The average Bonchev–Trinajstić information content (AvgIpc) is 3.55. The van der Waals surface area contributed by atoms with E-state index in [0.29, 0.717) is 12.6 Å². The Kier molecular flexibility index (Phi) is 4.54. The maximum atomic E-state index is 4.96. The molecule has 1 aliphatic rings. The fourth-order valence-electron chi connectivity index (χ4n) is 4.54. The zero-order valence-electron chi connectivity index (χ0n) is 17.8. The molecule has 0 saturated carbocycles. The van der Waals surface area contributed by atoms with Gasteiger partial charge in [0.1, 0.15) is 17.8 Å². The Bertz CT molecular complexity index is 1410. The van der Waals surface area contributed by atoms with Gasteiger partial charge in [-0.15, -0.1) is 0 Å². The zero-order chi connectivity index (χ0) is 21.5. The van der Waals surface area contributed by atoms with Crippen molar-refractivity contribution in [2.45, 2.75) is 32.4 Å². The summed E-state index contributed by atoms with van der Waals surface area (Å²) < 4.78 is 1.75. The standard InChI is InChI=1S/C25H23N7/c1-16-5-4-8-21(29-16)25-24(18-11-12-32-23(13-18)27-15-28-32)30-22(31-25)14-26-20-10-9-17-6-2-3-7-19(17)20/h2-8,11-13,15,20,26H,9-10,14H2,1H3,(H,30,31)/t20-/m0/s1. The highest BCUT2D eigenvalue weighted by molar-refractivity contribution is 5.78. The molecule has 0 amide bonds. The van der Waals surface area contributed by atoms with Gasteiger partial charge in [0, 0.05) is 23.5 Å². The first-order valence-corrected chi connectivity index (χ1v) is 10.9. The molecule has 1 aromatic carbocycles. The summed E-state index contributed by atoms with van der Waals surface area (Å²) in [5, 5.41) is 7.89. The molecule has 158 valence electrons. The van der Waals surface area contributed by atoms with E-state index in [-0.39, 0.29) is 0 Å². The Morgan fingerprint density at radius 3 is 2.97 bits per heavy atom. The number of aryl methyl sites for hydroxylation is 2. The number of H-pyrrole nitrogens is 1. The molecule has 0 fully saturated rings. The van der Waals surface area contributed by atoms with E-state index >= 15 is 0 Å². The molecular weight excluding hydrogens is 398 g/mol. The van der Waals surface area contributed by atoms with Crippen LogP contribution in [-0.2, 0) is 13.0 Å². The molecule has 5 aromatic rings. The maximum Gasteiger partial charge on any atom is 0.155 e. The van der Waals surface area contributed by atoms with Crippen molar-refractivity contribution in [1.29, 1.82) is 0 Å². The van der Waals surface area contributed by atoms with Crippen LogP contribution >= 0.6 is 0 Å². The lowest BCUT2D eigenvalue weighted by Gasteiger charge is -2.12. The molecule has 0 aliphatic heterocycles. The van der Waals surface area contributed by atoms with E-state index in [2.05, 4.69) is 44.6 Å². The third kappa shape index (κ3) is 3.36. The van der Waals surface area contributed by atoms with Gasteiger partial charge in [-0.3, -0.25) is 4.98 Å². The lowest BCUT2D eigenvalue weighted by molar-refractivity contribution is 0.521. The predicted octanol–water partition coefficient (Wildman–Crippen LogP) is 4.27. The number of aromatic nitrogens is 6. The van der Waals surface area contributed by atoms with Crippen molar-refractivity contribution in [2.24, 2.45) is 0 Å². The molecule has 6 rings (SSSR count). The minimum atomic E-state index is 0.354. The highest BCUT2D eigenvalue weighted by Gasteiger charge is 2.22. The summed E-state index contributed by atoms with van der Waals surface area (Å²) in [6.07, 6.45) is 5.71. The number of nitrogens with one attached hydrogen (secondary N) is 2. The SMILES string of the molecule is Cc1cccc(-c2nc(CN[C@H]3CCc4ccccc43)[nH]c2-c2ccn3ncnc3c2)n1. The quantitative estimate of drug-likeness (QED) is 0.443. The lowest BCUT2D eigenvalue weighted by Crippen LogP contribution is -2.19. The number of pyridine rings is 2. The van der Waals surface area contributed by atoms with Crippen LogP contribution in [0.4, 0.5) is 0 Å². The van der Waals surface area contributed by atoms with Crippen molar-refractivity contribution < 1.29 is 0 Å². The number of rotatable bonds is 5. The minimum Gasteiger partial charge on any atom is -0.340 e. The smallest absolute Gasteiger partial charge is 0.155 e. The largest absolute Gasteiger partial charge is 0.340 e. The normalized spacial score (nSPS) is 15.3. The van der Waals surface area contributed by atoms with E-state index in [0.717, 1.165) is 52.7 Å². The van der Waals surface area contributed by atoms with Crippen molar-refractivity contribution in [1.82, 2.24) is 34.9 Å². The van der Waals surface area contributed by atoms with Gasteiger partial charge in [0.15, 0.2) is 5.65 Å². The zero-order valence-corrected chi connectivity index (χ0v) is 17.8. The van der Waals surface area contributed by atoms with E-state index in [1.807, 2.05) is 43.5 Å². The van der Waals surface area contributed by atoms with Gasteiger partial charge in [-0.2, -0.15) is 5.10 Å². The first kappa shape index (κ1) is 18.9. The summed E-state index contributed by atoms with van der Waals surface area (Å²) in [4.78, 5) is 17.6. The van der Waals surface area contributed by atoms with Gasteiger partial charge in [0.25, 0.3) is 0 Å². The van der Waals surface area contributed by atoms with E-state index in [1.54, 1.807) is 10.8 Å². The maximum absolute atomic E-state index is 4.96. The lowest BCUT2D eigenvalue weighted by atomic mass is 10.1. The van der Waals surface area contributed by atoms with Crippen LogP contribution in [0.3, 0.4) is 0 Å². The highest BCUT2D eigenvalue weighted by Crippen LogP contribution is 2.32. The molecule has 0 spiro atoms. The Hall–Kier alpha value is -3.84. The Morgan fingerprint density at radius 2 is 2.03 bits per heavy atom. The number of benzene rings is 1. The second-order valence-corrected chi connectivity index (χ2v) is 8.22. The van der Waals surface area contributed by atoms with Crippen LogP contribution in [0.1, 0.15) is 35.1 Å². The number of hydrogen-bond donors (Lipinski definition) is 2. The van der Waals surface area contributed by atoms with Crippen molar-refractivity contribution >= 4 is 5.65 Å². The molecule has 4 aromatic heterocycles. The molecule has 1 aliphatic carbocycles. The van der Waals surface area contributed by atoms with Crippen molar-refractivity contribution in [3.05, 3.63) is 89.8 Å². The summed E-state index contributed by atoms with van der Waals surface area (Å²) in [5.41, 5.74) is 8.25. The topological polar surface area (TPSA) is 83.8 Å². The molecule has 7 heteroatoms. The van der Waals surface area contributed by atoms with E-state index in [9.17, 15) is 0 Å². The predicted molar refractivity (Wildman–Crippen MR) is 123 cm³/mol. The molecule has 4 heterocycles. The number of nitrogens with zero attached hydrogens (tertiary/aromatic N) is 5. The summed E-state index contributed by atoms with van der Waals surface area (Å²) in [6.45, 7) is 2.66. The molecule has 0 unspecified atom stereocenters. The van der Waals surface area contributed by atoms with Crippen LogP contribution < -0.4 is 5.32 Å². The molecule has 32 heavy (non-hydrogen) atoms. The fourth-order valence-corrected chi connectivity index (χ4v) is 4.54. The van der Waals surface area contributed by atoms with Crippen molar-refractivity contribution in [3.63, 3.8) is 0 Å². The van der Waals surface area contributed by atoms with Gasteiger partial charge in [-0.05, 0) is 55.2 Å². The Morgan fingerprint density at radius 1 is 1.09 bits per heavy atom. The van der Waals surface area contributed by atoms with E-state index < -0.39 is 0 Å². The summed E-state index contributed by atoms with van der Waals surface area (Å²) >= 11 is 0. The molecule has 1 atom stereocenters. The van der Waals surface area contributed by atoms with Gasteiger partial charge in [-0.1, -0.05) is 30.3 Å². The summed E-state index contributed by atoms with van der Waals surface area (Å²) in [7, 11) is 0. The molecular formula is C25H23N7. The minimum absolute atomic E-state index is 0.354.